The van der Waals surface area contributed by atoms with Gasteiger partial charge in [0.1, 0.15) is 19.0 Å². The van der Waals surface area contributed by atoms with Crippen molar-refractivity contribution in [1.82, 2.24) is 9.97 Å². The van der Waals surface area contributed by atoms with Gasteiger partial charge in [-0.3, -0.25) is 0 Å². The fraction of sp³-hybridized carbons (Fsp3) is 0.286. The number of hydrogen-bond donors (Lipinski definition) is 1. The van der Waals surface area contributed by atoms with Crippen LogP contribution in [-0.2, 0) is 5.75 Å². The van der Waals surface area contributed by atoms with E-state index in [0.717, 1.165) is 33.0 Å². The highest BCUT2D eigenvalue weighted by Crippen LogP contribution is 2.37. The Kier molecular flexibility index (Phi) is 4.21. The molecule has 5 nitrogen and oxygen atoms in total. The number of halogens is 1. The molecule has 7 heteroatoms. The normalized spacial score (nSPS) is 13.2. The van der Waals surface area contributed by atoms with Crippen molar-refractivity contribution in [3.63, 3.8) is 0 Å². The molecule has 2 aromatic rings. The van der Waals surface area contributed by atoms with Crippen LogP contribution in [0.25, 0.3) is 0 Å². The lowest BCUT2D eigenvalue weighted by molar-refractivity contribution is 0.171. The fourth-order valence-corrected chi connectivity index (χ4v) is 3.54. The van der Waals surface area contributed by atoms with Gasteiger partial charge in [0.25, 0.3) is 0 Å². The van der Waals surface area contributed by atoms with E-state index in [0.29, 0.717) is 24.2 Å². The molecule has 0 saturated heterocycles. The topological polar surface area (TPSA) is 70.3 Å². The molecule has 3 rings (SSSR count). The number of nitrogens with two attached hydrogens (primary N) is 1. The number of rotatable bonds is 3. The maximum atomic E-state index is 5.74. The average molecular weight is 368 g/mol. The first-order valence-electron chi connectivity index (χ1n) is 6.44. The van der Waals surface area contributed by atoms with Crippen molar-refractivity contribution in [2.24, 2.45) is 0 Å². The maximum Gasteiger partial charge on any atom is 0.190 e. The smallest absolute Gasteiger partial charge is 0.190 e. The van der Waals surface area contributed by atoms with Crippen LogP contribution < -0.4 is 15.2 Å². The highest BCUT2D eigenvalue weighted by atomic mass is 79.9. The van der Waals surface area contributed by atoms with Crippen molar-refractivity contribution in [2.75, 3.05) is 18.9 Å². The molecular weight excluding hydrogens is 354 g/mol. The third-order valence-electron chi connectivity index (χ3n) is 2.92. The lowest BCUT2D eigenvalue weighted by atomic mass is 10.2. The molecule has 1 aromatic heterocycles. The Bertz CT molecular complexity index is 661. The monoisotopic (exact) mass is 367 g/mol. The van der Waals surface area contributed by atoms with Crippen molar-refractivity contribution >= 4 is 33.5 Å². The number of nitrogens with zero attached hydrogens (tertiary/aromatic N) is 2. The molecule has 110 valence electrons. The first-order chi connectivity index (χ1) is 10.1. The van der Waals surface area contributed by atoms with Crippen LogP contribution in [0.5, 0.6) is 11.5 Å². The van der Waals surface area contributed by atoms with Gasteiger partial charge in [0.15, 0.2) is 16.7 Å². The third kappa shape index (κ3) is 3.41. The Hall–Kier alpha value is -1.47. The summed E-state index contributed by atoms with van der Waals surface area (Å²) in [6, 6.07) is 5.69. The van der Waals surface area contributed by atoms with Crippen LogP contribution in [-0.4, -0.2) is 23.2 Å². The molecule has 0 bridgehead atoms. The zero-order chi connectivity index (χ0) is 14.8. The van der Waals surface area contributed by atoms with Crippen LogP contribution in [0.2, 0.25) is 0 Å². The van der Waals surface area contributed by atoms with Gasteiger partial charge < -0.3 is 15.2 Å². The van der Waals surface area contributed by atoms with E-state index in [4.69, 9.17) is 15.2 Å². The number of anilines is 1. The molecule has 2 heterocycles. The van der Waals surface area contributed by atoms with Crippen LogP contribution in [0.3, 0.4) is 0 Å². The van der Waals surface area contributed by atoms with Crippen molar-refractivity contribution in [2.45, 2.75) is 17.8 Å². The first-order valence-corrected chi connectivity index (χ1v) is 8.21. The summed E-state index contributed by atoms with van der Waals surface area (Å²) in [4.78, 5) is 8.59. The van der Waals surface area contributed by atoms with Crippen LogP contribution >= 0.6 is 27.7 Å². The third-order valence-corrected chi connectivity index (χ3v) is 4.56. The van der Waals surface area contributed by atoms with E-state index >= 15 is 0 Å². The SMILES string of the molecule is Cc1cc(N)nc(SCc2cc3c(cc2Br)OCCO3)n1. The van der Waals surface area contributed by atoms with Gasteiger partial charge in [0.2, 0.25) is 0 Å². The fourth-order valence-electron chi connectivity index (χ4n) is 1.99. The van der Waals surface area contributed by atoms with Gasteiger partial charge in [-0.15, -0.1) is 0 Å². The number of thioether (sulfide) groups is 1. The Balaban J connectivity index is 1.78. The molecule has 0 saturated carbocycles. The average Bonchev–Trinajstić information content (AvgIpc) is 2.44. The molecule has 1 aromatic carbocycles. The first kappa shape index (κ1) is 14.5. The molecule has 0 unspecified atom stereocenters. The van der Waals surface area contributed by atoms with Crippen molar-refractivity contribution in [3.8, 4) is 11.5 Å². The molecule has 0 radical (unpaired) electrons. The Morgan fingerprint density at radius 1 is 1.19 bits per heavy atom. The van der Waals surface area contributed by atoms with E-state index in [1.165, 1.54) is 11.8 Å². The quantitative estimate of drug-likeness (QED) is 0.663. The Morgan fingerprint density at radius 2 is 1.90 bits per heavy atom. The van der Waals surface area contributed by atoms with Gasteiger partial charge >= 0.3 is 0 Å². The summed E-state index contributed by atoms with van der Waals surface area (Å²) in [5.41, 5.74) is 7.71. The number of hydrogen-bond acceptors (Lipinski definition) is 6. The zero-order valence-corrected chi connectivity index (χ0v) is 13.8. The van der Waals surface area contributed by atoms with Crippen molar-refractivity contribution < 1.29 is 9.47 Å². The van der Waals surface area contributed by atoms with Crippen LogP contribution in [0.4, 0.5) is 5.82 Å². The Morgan fingerprint density at radius 3 is 2.62 bits per heavy atom. The predicted octanol–water partition coefficient (Wildman–Crippen LogP) is 3.19. The zero-order valence-electron chi connectivity index (χ0n) is 11.4. The number of ether oxygens (including phenoxy) is 2. The number of fused-ring (bicyclic) bond motifs is 1. The number of nitrogen functional groups attached to an aromatic ring is 1. The Labute approximate surface area is 135 Å². The second kappa shape index (κ2) is 6.11. The van der Waals surface area contributed by atoms with Gasteiger partial charge in [0, 0.05) is 22.0 Å². The highest BCUT2D eigenvalue weighted by molar-refractivity contribution is 9.10. The van der Waals surface area contributed by atoms with Crippen molar-refractivity contribution in [3.05, 3.63) is 33.9 Å². The maximum absolute atomic E-state index is 5.74. The standard InChI is InChI=1S/C14H14BrN3O2S/c1-8-4-13(16)18-14(17-8)21-7-9-5-11-12(6-10(9)15)20-3-2-19-11/h4-6H,2-3,7H2,1H3,(H2,16,17,18). The molecule has 0 fully saturated rings. The van der Waals surface area contributed by atoms with E-state index in [2.05, 4.69) is 25.9 Å². The van der Waals surface area contributed by atoms with E-state index in [9.17, 15) is 0 Å². The van der Waals surface area contributed by atoms with Gasteiger partial charge in [-0.2, -0.15) is 0 Å². The molecule has 0 spiro atoms. The lowest BCUT2D eigenvalue weighted by Crippen LogP contribution is -2.15. The molecule has 1 aliphatic rings. The van der Waals surface area contributed by atoms with Gasteiger partial charge in [-0.05, 0) is 24.6 Å². The number of aromatic nitrogens is 2. The summed E-state index contributed by atoms with van der Waals surface area (Å²) >= 11 is 5.10. The summed E-state index contributed by atoms with van der Waals surface area (Å²) in [5.74, 6) is 2.77. The number of benzene rings is 1. The number of aryl methyl sites for hydroxylation is 1. The van der Waals surface area contributed by atoms with Crippen LogP contribution in [0, 0.1) is 6.92 Å². The van der Waals surface area contributed by atoms with E-state index in [-0.39, 0.29) is 0 Å². The van der Waals surface area contributed by atoms with Crippen LogP contribution in [0.1, 0.15) is 11.3 Å². The summed E-state index contributed by atoms with van der Waals surface area (Å²) in [7, 11) is 0. The van der Waals surface area contributed by atoms with E-state index < -0.39 is 0 Å². The summed E-state index contributed by atoms with van der Waals surface area (Å²) in [6.45, 7) is 3.07. The summed E-state index contributed by atoms with van der Waals surface area (Å²) in [5, 5.41) is 0.675. The largest absolute Gasteiger partial charge is 0.486 e. The lowest BCUT2D eigenvalue weighted by Gasteiger charge is -2.19. The molecule has 2 N–H and O–H groups in total. The molecule has 0 aliphatic carbocycles. The predicted molar refractivity (Wildman–Crippen MR) is 85.9 cm³/mol. The molecule has 1 aliphatic heterocycles. The van der Waals surface area contributed by atoms with Crippen LogP contribution in [0.15, 0.2) is 27.8 Å². The molecule has 0 amide bonds. The summed E-state index contributed by atoms with van der Waals surface area (Å²) < 4.78 is 12.1. The molecule has 0 atom stereocenters. The highest BCUT2D eigenvalue weighted by Gasteiger charge is 2.15. The minimum atomic E-state index is 0.492. The van der Waals surface area contributed by atoms with Gasteiger partial charge in [-0.1, -0.05) is 27.7 Å². The second-order valence-electron chi connectivity index (χ2n) is 4.59. The van der Waals surface area contributed by atoms with E-state index in [1.54, 1.807) is 6.07 Å². The summed E-state index contributed by atoms with van der Waals surface area (Å²) in [6.07, 6.45) is 0. The van der Waals surface area contributed by atoms with E-state index in [1.807, 2.05) is 19.1 Å². The molecular formula is C14H14BrN3O2S. The molecule has 21 heavy (non-hydrogen) atoms. The minimum Gasteiger partial charge on any atom is -0.486 e. The minimum absolute atomic E-state index is 0.492. The van der Waals surface area contributed by atoms with Crippen molar-refractivity contribution in [1.29, 1.82) is 0 Å². The van der Waals surface area contributed by atoms with Gasteiger partial charge in [-0.25, -0.2) is 9.97 Å². The second-order valence-corrected chi connectivity index (χ2v) is 6.39. The van der Waals surface area contributed by atoms with Gasteiger partial charge in [0.05, 0.1) is 0 Å².